The molecular weight excluding hydrogens is 437 g/mol. The summed E-state index contributed by atoms with van der Waals surface area (Å²) in [7, 11) is 0. The maximum atomic E-state index is 13.7. The SMILES string of the molecule is O=C(NC(Cc1ccccc1)C(=O)NCCNC(=O)c1ccccc1F)OCc1ccccc1. The molecule has 8 heteroatoms. The van der Waals surface area contributed by atoms with E-state index >= 15 is 0 Å². The van der Waals surface area contributed by atoms with Crippen LogP contribution in [0.4, 0.5) is 9.18 Å². The van der Waals surface area contributed by atoms with Crippen LogP contribution in [0.15, 0.2) is 84.9 Å². The predicted molar refractivity (Wildman–Crippen MR) is 125 cm³/mol. The topological polar surface area (TPSA) is 96.5 Å². The van der Waals surface area contributed by atoms with Gasteiger partial charge in [0.15, 0.2) is 0 Å². The predicted octanol–water partition coefficient (Wildman–Crippen LogP) is 3.21. The molecule has 3 N–H and O–H groups in total. The highest BCUT2D eigenvalue weighted by Crippen LogP contribution is 2.07. The van der Waals surface area contributed by atoms with E-state index in [9.17, 15) is 18.8 Å². The van der Waals surface area contributed by atoms with E-state index in [2.05, 4.69) is 16.0 Å². The van der Waals surface area contributed by atoms with E-state index in [1.165, 1.54) is 18.2 Å². The molecule has 0 aromatic heterocycles. The Hall–Kier alpha value is -4.20. The molecule has 3 rings (SSSR count). The first-order valence-electron chi connectivity index (χ1n) is 10.8. The van der Waals surface area contributed by atoms with Crippen molar-refractivity contribution in [2.24, 2.45) is 0 Å². The maximum absolute atomic E-state index is 13.7. The van der Waals surface area contributed by atoms with Gasteiger partial charge in [-0.15, -0.1) is 0 Å². The van der Waals surface area contributed by atoms with Crippen LogP contribution in [0.2, 0.25) is 0 Å². The summed E-state index contributed by atoms with van der Waals surface area (Å²) in [5.74, 6) is -1.62. The van der Waals surface area contributed by atoms with Crippen molar-refractivity contribution in [2.45, 2.75) is 19.1 Å². The van der Waals surface area contributed by atoms with Gasteiger partial charge in [0, 0.05) is 19.5 Å². The van der Waals surface area contributed by atoms with Crippen LogP contribution in [0.3, 0.4) is 0 Å². The largest absolute Gasteiger partial charge is 0.445 e. The summed E-state index contributed by atoms with van der Waals surface area (Å²) in [4.78, 5) is 37.2. The van der Waals surface area contributed by atoms with Crippen LogP contribution in [0.5, 0.6) is 0 Å². The number of nitrogens with one attached hydrogen (secondary N) is 3. The first-order valence-corrected chi connectivity index (χ1v) is 10.8. The summed E-state index contributed by atoms with van der Waals surface area (Å²) >= 11 is 0. The highest BCUT2D eigenvalue weighted by Gasteiger charge is 2.22. The van der Waals surface area contributed by atoms with Gasteiger partial charge in [-0.25, -0.2) is 9.18 Å². The van der Waals surface area contributed by atoms with Crippen LogP contribution in [0.25, 0.3) is 0 Å². The fraction of sp³-hybridized carbons (Fsp3) is 0.192. The Morgan fingerprint density at radius 3 is 2.03 bits per heavy atom. The summed E-state index contributed by atoms with van der Waals surface area (Å²) in [6.45, 7) is 0.273. The van der Waals surface area contributed by atoms with Gasteiger partial charge >= 0.3 is 6.09 Å². The van der Waals surface area contributed by atoms with Gasteiger partial charge in [-0.1, -0.05) is 72.8 Å². The fourth-order valence-corrected chi connectivity index (χ4v) is 3.19. The van der Waals surface area contributed by atoms with Gasteiger partial charge in [0.25, 0.3) is 5.91 Å². The summed E-state index contributed by atoms with van der Waals surface area (Å²) < 4.78 is 18.9. The van der Waals surface area contributed by atoms with Crippen LogP contribution in [0.1, 0.15) is 21.5 Å². The lowest BCUT2D eigenvalue weighted by molar-refractivity contribution is -0.123. The second kappa shape index (κ2) is 12.7. The lowest BCUT2D eigenvalue weighted by atomic mass is 10.1. The Kier molecular flexibility index (Phi) is 9.16. The molecule has 176 valence electrons. The molecule has 3 aromatic rings. The van der Waals surface area contributed by atoms with E-state index in [4.69, 9.17) is 4.74 Å². The number of hydrogen-bond acceptors (Lipinski definition) is 4. The first kappa shape index (κ1) is 24.4. The van der Waals surface area contributed by atoms with E-state index in [1.807, 2.05) is 60.7 Å². The molecule has 0 bridgehead atoms. The average Bonchev–Trinajstić information content (AvgIpc) is 2.86. The number of carbonyl (C=O) groups excluding carboxylic acids is 3. The molecule has 0 aliphatic carbocycles. The summed E-state index contributed by atoms with van der Waals surface area (Å²) in [6.07, 6.45) is -0.456. The quantitative estimate of drug-likeness (QED) is 0.402. The molecule has 34 heavy (non-hydrogen) atoms. The number of carbonyl (C=O) groups is 3. The van der Waals surface area contributed by atoms with Gasteiger partial charge in [0.2, 0.25) is 5.91 Å². The van der Waals surface area contributed by atoms with Gasteiger partial charge in [-0.2, -0.15) is 0 Å². The molecule has 0 heterocycles. The zero-order valence-electron chi connectivity index (χ0n) is 18.5. The number of ether oxygens (including phenoxy) is 1. The molecule has 0 radical (unpaired) electrons. The molecule has 0 aliphatic heterocycles. The van der Waals surface area contributed by atoms with Crippen molar-refractivity contribution in [3.63, 3.8) is 0 Å². The Bertz CT molecular complexity index is 1090. The lowest BCUT2D eigenvalue weighted by Gasteiger charge is -2.19. The van der Waals surface area contributed by atoms with Gasteiger partial charge in [0.1, 0.15) is 18.5 Å². The zero-order valence-corrected chi connectivity index (χ0v) is 18.5. The number of rotatable bonds is 10. The van der Waals surface area contributed by atoms with Crippen LogP contribution >= 0.6 is 0 Å². The van der Waals surface area contributed by atoms with Crippen LogP contribution in [-0.2, 0) is 22.6 Å². The molecule has 7 nitrogen and oxygen atoms in total. The standard InChI is InChI=1S/C26H26FN3O4/c27-22-14-8-7-13-21(22)24(31)28-15-16-29-25(32)23(17-19-9-3-1-4-10-19)30-26(33)34-18-20-11-5-2-6-12-20/h1-14,23H,15-18H2,(H,28,31)(H,29,32)(H,30,33). The number of alkyl carbamates (subject to hydrolysis) is 1. The third-order valence-corrected chi connectivity index (χ3v) is 4.93. The van der Waals surface area contributed by atoms with Gasteiger partial charge in [0.05, 0.1) is 5.56 Å². The third-order valence-electron chi connectivity index (χ3n) is 4.93. The minimum Gasteiger partial charge on any atom is -0.445 e. The van der Waals surface area contributed by atoms with Crippen molar-refractivity contribution >= 4 is 17.9 Å². The second-order valence-electron chi connectivity index (χ2n) is 7.48. The lowest BCUT2D eigenvalue weighted by Crippen LogP contribution is -2.49. The number of benzene rings is 3. The molecule has 1 unspecified atom stereocenters. The number of hydrogen-bond donors (Lipinski definition) is 3. The molecule has 0 saturated carbocycles. The molecule has 3 amide bonds. The third kappa shape index (κ3) is 7.74. The Balaban J connectivity index is 1.52. The summed E-state index contributed by atoms with van der Waals surface area (Å²) in [6, 6.07) is 23.2. The second-order valence-corrected chi connectivity index (χ2v) is 7.48. The molecule has 0 aliphatic rings. The highest BCUT2D eigenvalue weighted by molar-refractivity contribution is 5.94. The van der Waals surface area contributed by atoms with Gasteiger partial charge in [-0.3, -0.25) is 9.59 Å². The van der Waals surface area contributed by atoms with Crippen molar-refractivity contribution in [3.05, 3.63) is 107 Å². The monoisotopic (exact) mass is 463 g/mol. The summed E-state index contributed by atoms with van der Waals surface area (Å²) in [5.41, 5.74) is 1.62. The van der Waals surface area contributed by atoms with Crippen LogP contribution in [0, 0.1) is 5.82 Å². The molecule has 0 spiro atoms. The van der Waals surface area contributed by atoms with E-state index in [0.29, 0.717) is 0 Å². The molecule has 0 fully saturated rings. The van der Waals surface area contributed by atoms with Crippen molar-refractivity contribution < 1.29 is 23.5 Å². The molecule has 1 atom stereocenters. The fourth-order valence-electron chi connectivity index (χ4n) is 3.19. The van der Waals surface area contributed by atoms with Crippen molar-refractivity contribution in [3.8, 4) is 0 Å². The molecule has 0 saturated heterocycles. The van der Waals surface area contributed by atoms with Crippen molar-refractivity contribution in [2.75, 3.05) is 13.1 Å². The summed E-state index contributed by atoms with van der Waals surface area (Å²) in [5, 5.41) is 7.85. The van der Waals surface area contributed by atoms with Gasteiger partial charge in [-0.05, 0) is 23.3 Å². The maximum Gasteiger partial charge on any atom is 0.408 e. The van der Waals surface area contributed by atoms with E-state index in [-0.39, 0.29) is 31.7 Å². The number of halogens is 1. The molecule has 3 aromatic carbocycles. The van der Waals surface area contributed by atoms with E-state index < -0.39 is 29.8 Å². The first-order chi connectivity index (χ1) is 16.5. The number of amides is 3. The van der Waals surface area contributed by atoms with Crippen LogP contribution < -0.4 is 16.0 Å². The van der Waals surface area contributed by atoms with E-state index in [0.717, 1.165) is 11.1 Å². The Morgan fingerprint density at radius 1 is 0.765 bits per heavy atom. The van der Waals surface area contributed by atoms with E-state index in [1.54, 1.807) is 6.07 Å². The van der Waals surface area contributed by atoms with Crippen LogP contribution in [-0.4, -0.2) is 37.0 Å². The Morgan fingerprint density at radius 2 is 1.35 bits per heavy atom. The minimum atomic E-state index is -0.882. The Labute approximate surface area is 197 Å². The molecular formula is C26H26FN3O4. The normalized spacial score (nSPS) is 11.2. The van der Waals surface area contributed by atoms with Gasteiger partial charge < -0.3 is 20.7 Å². The average molecular weight is 464 g/mol. The minimum absolute atomic E-state index is 0.0707. The van der Waals surface area contributed by atoms with Crippen molar-refractivity contribution in [1.82, 2.24) is 16.0 Å². The zero-order chi connectivity index (χ0) is 24.2. The highest BCUT2D eigenvalue weighted by atomic mass is 19.1. The van der Waals surface area contributed by atoms with Crippen molar-refractivity contribution in [1.29, 1.82) is 0 Å². The smallest absolute Gasteiger partial charge is 0.408 e.